The SMILES string of the molecule is CCc1cc(NS(=O)(=O)c2cc([N+](=O)[O-])ccc2F)n[nH]1. The largest absolute Gasteiger partial charge is 0.280 e. The predicted molar refractivity (Wildman–Crippen MR) is 71.8 cm³/mol. The predicted octanol–water partition coefficient (Wildman–Crippen LogP) is 1.82. The summed E-state index contributed by atoms with van der Waals surface area (Å²) >= 11 is 0. The molecule has 0 bridgehead atoms. The van der Waals surface area contributed by atoms with E-state index in [1.165, 1.54) is 6.07 Å². The Kier molecular flexibility index (Phi) is 3.89. The number of aromatic amines is 1. The van der Waals surface area contributed by atoms with Crippen molar-refractivity contribution in [2.45, 2.75) is 18.2 Å². The quantitative estimate of drug-likeness (QED) is 0.644. The number of non-ortho nitro benzene ring substituents is 1. The van der Waals surface area contributed by atoms with E-state index >= 15 is 0 Å². The van der Waals surface area contributed by atoms with Crippen LogP contribution in [-0.2, 0) is 16.4 Å². The van der Waals surface area contributed by atoms with Gasteiger partial charge in [-0.1, -0.05) is 6.92 Å². The van der Waals surface area contributed by atoms with Crippen molar-refractivity contribution in [3.8, 4) is 0 Å². The molecule has 0 saturated heterocycles. The van der Waals surface area contributed by atoms with Gasteiger partial charge in [0.2, 0.25) is 0 Å². The van der Waals surface area contributed by atoms with E-state index in [4.69, 9.17) is 0 Å². The van der Waals surface area contributed by atoms with Crippen molar-refractivity contribution in [3.05, 3.63) is 45.9 Å². The molecule has 1 heterocycles. The van der Waals surface area contributed by atoms with Crippen LogP contribution >= 0.6 is 0 Å². The van der Waals surface area contributed by atoms with Crippen molar-refractivity contribution in [2.75, 3.05) is 4.72 Å². The Labute approximate surface area is 119 Å². The second kappa shape index (κ2) is 5.48. The van der Waals surface area contributed by atoms with Gasteiger partial charge in [0.15, 0.2) is 5.82 Å². The van der Waals surface area contributed by atoms with Crippen molar-refractivity contribution in [3.63, 3.8) is 0 Å². The topological polar surface area (TPSA) is 118 Å². The average Bonchev–Trinajstić information content (AvgIpc) is 2.85. The van der Waals surface area contributed by atoms with E-state index < -0.39 is 31.3 Å². The zero-order valence-electron chi connectivity index (χ0n) is 10.8. The van der Waals surface area contributed by atoms with Crippen LogP contribution in [0.2, 0.25) is 0 Å². The molecule has 1 aromatic carbocycles. The zero-order valence-corrected chi connectivity index (χ0v) is 11.6. The monoisotopic (exact) mass is 314 g/mol. The van der Waals surface area contributed by atoms with E-state index in [0.29, 0.717) is 18.2 Å². The van der Waals surface area contributed by atoms with Gasteiger partial charge in [0.05, 0.1) is 4.92 Å². The summed E-state index contributed by atoms with van der Waals surface area (Å²) in [6.45, 7) is 1.84. The molecule has 0 aliphatic heterocycles. The van der Waals surface area contributed by atoms with E-state index in [1.807, 2.05) is 6.92 Å². The molecule has 2 N–H and O–H groups in total. The third-order valence-electron chi connectivity index (χ3n) is 2.67. The molecule has 0 spiro atoms. The molecule has 0 fully saturated rings. The first kappa shape index (κ1) is 14.9. The third kappa shape index (κ3) is 3.16. The molecule has 0 aliphatic rings. The number of hydrogen-bond acceptors (Lipinski definition) is 5. The second-order valence-electron chi connectivity index (χ2n) is 4.11. The number of nitro groups is 1. The number of halogens is 1. The van der Waals surface area contributed by atoms with Gasteiger partial charge in [-0.15, -0.1) is 0 Å². The van der Waals surface area contributed by atoms with E-state index in [2.05, 4.69) is 14.9 Å². The highest BCUT2D eigenvalue weighted by Gasteiger charge is 2.23. The maximum Gasteiger partial charge on any atom is 0.271 e. The number of hydrogen-bond donors (Lipinski definition) is 2. The number of aromatic nitrogens is 2. The van der Waals surface area contributed by atoms with Gasteiger partial charge >= 0.3 is 0 Å². The molecule has 21 heavy (non-hydrogen) atoms. The fourth-order valence-corrected chi connectivity index (χ4v) is 2.69. The molecule has 0 aliphatic carbocycles. The Morgan fingerprint density at radius 2 is 2.14 bits per heavy atom. The van der Waals surface area contributed by atoms with E-state index in [-0.39, 0.29) is 5.82 Å². The average molecular weight is 314 g/mol. The Morgan fingerprint density at radius 1 is 1.43 bits per heavy atom. The van der Waals surface area contributed by atoms with Crippen molar-refractivity contribution in [2.24, 2.45) is 0 Å². The Hall–Kier alpha value is -2.49. The third-order valence-corrected chi connectivity index (χ3v) is 4.04. The summed E-state index contributed by atoms with van der Waals surface area (Å²) in [5.74, 6) is -1.10. The number of benzene rings is 1. The molecule has 8 nitrogen and oxygen atoms in total. The minimum atomic E-state index is -4.31. The van der Waals surface area contributed by atoms with Crippen LogP contribution < -0.4 is 4.72 Å². The number of nitrogens with zero attached hydrogens (tertiary/aromatic N) is 2. The Balaban J connectivity index is 2.39. The summed E-state index contributed by atoms with van der Waals surface area (Å²) in [5, 5.41) is 17.0. The smallest absolute Gasteiger partial charge is 0.271 e. The lowest BCUT2D eigenvalue weighted by Gasteiger charge is -2.06. The molecular formula is C11H11FN4O4S. The molecule has 2 aromatic rings. The highest BCUT2D eigenvalue weighted by molar-refractivity contribution is 7.92. The van der Waals surface area contributed by atoms with Gasteiger partial charge < -0.3 is 0 Å². The van der Waals surface area contributed by atoms with Crippen LogP contribution in [0.4, 0.5) is 15.9 Å². The van der Waals surface area contributed by atoms with Crippen molar-refractivity contribution < 1.29 is 17.7 Å². The fraction of sp³-hybridized carbons (Fsp3) is 0.182. The first-order chi connectivity index (χ1) is 9.83. The summed E-state index contributed by atoms with van der Waals surface area (Å²) in [7, 11) is -4.31. The molecule has 0 atom stereocenters. The van der Waals surface area contributed by atoms with Crippen molar-refractivity contribution >= 4 is 21.5 Å². The lowest BCUT2D eigenvalue weighted by molar-refractivity contribution is -0.385. The van der Waals surface area contributed by atoms with Gasteiger partial charge in [-0.25, -0.2) is 12.8 Å². The van der Waals surface area contributed by atoms with Gasteiger partial charge in [-0.3, -0.25) is 19.9 Å². The fourth-order valence-electron chi connectivity index (χ4n) is 1.60. The van der Waals surface area contributed by atoms with Crippen LogP contribution in [0.3, 0.4) is 0 Å². The van der Waals surface area contributed by atoms with Gasteiger partial charge in [0, 0.05) is 23.9 Å². The van der Waals surface area contributed by atoms with Crippen LogP contribution in [0.1, 0.15) is 12.6 Å². The molecule has 112 valence electrons. The normalized spacial score (nSPS) is 11.3. The van der Waals surface area contributed by atoms with Gasteiger partial charge in [-0.05, 0) is 12.5 Å². The van der Waals surface area contributed by atoms with Crippen molar-refractivity contribution in [1.82, 2.24) is 10.2 Å². The number of nitro benzene ring substituents is 1. The lowest BCUT2D eigenvalue weighted by Crippen LogP contribution is -2.15. The lowest BCUT2D eigenvalue weighted by atomic mass is 10.3. The zero-order chi connectivity index (χ0) is 15.6. The number of nitrogens with one attached hydrogen (secondary N) is 2. The van der Waals surface area contributed by atoms with Crippen LogP contribution in [0, 0.1) is 15.9 Å². The van der Waals surface area contributed by atoms with E-state index in [9.17, 15) is 22.9 Å². The highest BCUT2D eigenvalue weighted by Crippen LogP contribution is 2.23. The Morgan fingerprint density at radius 3 is 2.71 bits per heavy atom. The number of H-pyrrole nitrogens is 1. The highest BCUT2D eigenvalue weighted by atomic mass is 32.2. The van der Waals surface area contributed by atoms with Crippen molar-refractivity contribution in [1.29, 1.82) is 0 Å². The summed E-state index contributed by atoms with van der Waals surface area (Å²) < 4.78 is 39.8. The first-order valence-corrected chi connectivity index (χ1v) is 7.33. The molecule has 0 amide bonds. The van der Waals surface area contributed by atoms with Gasteiger partial charge in [-0.2, -0.15) is 5.10 Å². The van der Waals surface area contributed by atoms with Gasteiger partial charge in [0.25, 0.3) is 15.7 Å². The molecule has 1 aromatic heterocycles. The summed E-state index contributed by atoms with van der Waals surface area (Å²) in [4.78, 5) is 9.03. The molecule has 2 rings (SSSR count). The van der Waals surface area contributed by atoms with E-state index in [0.717, 1.165) is 12.1 Å². The van der Waals surface area contributed by atoms with Crippen LogP contribution in [0.25, 0.3) is 0 Å². The van der Waals surface area contributed by atoms with Gasteiger partial charge in [0.1, 0.15) is 10.7 Å². The van der Waals surface area contributed by atoms with Crippen LogP contribution in [-0.4, -0.2) is 23.5 Å². The molecule has 0 unspecified atom stereocenters. The number of anilines is 1. The molecule has 10 heteroatoms. The molecule has 0 saturated carbocycles. The number of rotatable bonds is 5. The summed E-state index contributed by atoms with van der Waals surface area (Å²) in [6, 6.07) is 3.73. The molecular weight excluding hydrogens is 303 g/mol. The maximum atomic E-state index is 13.6. The maximum absolute atomic E-state index is 13.6. The summed E-state index contributed by atoms with van der Waals surface area (Å²) in [6.07, 6.45) is 0.611. The summed E-state index contributed by atoms with van der Waals surface area (Å²) in [5.41, 5.74) is 0.167. The molecule has 0 radical (unpaired) electrons. The standard InChI is InChI=1S/C11H11FN4O4S/c1-2-7-5-11(14-13-7)15-21(19,20)10-6-8(16(17)18)3-4-9(10)12/h3-6H,2H2,1H3,(H2,13,14,15). The number of sulfonamides is 1. The minimum Gasteiger partial charge on any atom is -0.280 e. The number of aryl methyl sites for hydroxylation is 1. The minimum absolute atomic E-state index is 0.0160. The van der Waals surface area contributed by atoms with E-state index in [1.54, 1.807) is 0 Å². The first-order valence-electron chi connectivity index (χ1n) is 5.84. The van der Waals surface area contributed by atoms with Crippen LogP contribution in [0.15, 0.2) is 29.2 Å². The Bertz CT molecular complexity index is 787. The second-order valence-corrected chi connectivity index (χ2v) is 5.76. The van der Waals surface area contributed by atoms with Crippen LogP contribution in [0.5, 0.6) is 0 Å².